The van der Waals surface area contributed by atoms with Crippen LogP contribution in [-0.2, 0) is 0 Å². The molecule has 5 heterocycles. The fourth-order valence-electron chi connectivity index (χ4n) is 4.85. The second kappa shape index (κ2) is 7.81. The lowest BCUT2D eigenvalue weighted by molar-refractivity contribution is 0.393. The van der Waals surface area contributed by atoms with E-state index in [1.807, 2.05) is 72.3 Å². The summed E-state index contributed by atoms with van der Waals surface area (Å²) in [5.74, 6) is 2.55. The minimum atomic E-state index is -0.304. The molecule has 1 aliphatic heterocycles. The van der Waals surface area contributed by atoms with Crippen LogP contribution in [0.25, 0.3) is 22.9 Å². The molecule has 0 N–H and O–H groups in total. The van der Waals surface area contributed by atoms with Gasteiger partial charge >= 0.3 is 0 Å². The molecule has 0 amide bonds. The maximum absolute atomic E-state index is 6.46. The lowest BCUT2D eigenvalue weighted by Crippen LogP contribution is -2.16. The van der Waals surface area contributed by atoms with Gasteiger partial charge in [0.1, 0.15) is 12.1 Å². The Labute approximate surface area is 205 Å². The molecule has 36 heavy (non-hydrogen) atoms. The largest absolute Gasteiger partial charge is 0.496 e. The number of aromatic nitrogens is 6. The fraction of sp³-hybridized carbons (Fsp3) is 0.111. The van der Waals surface area contributed by atoms with Crippen LogP contribution in [0.5, 0.6) is 17.5 Å². The number of para-hydroxylation sites is 2. The number of rotatable bonds is 4. The Hall–Kier alpha value is -4.92. The van der Waals surface area contributed by atoms with E-state index in [-0.39, 0.29) is 5.92 Å². The minimum absolute atomic E-state index is 0.304. The molecule has 0 bridgehead atoms. The summed E-state index contributed by atoms with van der Waals surface area (Å²) in [6.45, 7) is 1.99. The maximum atomic E-state index is 6.46. The molecule has 176 valence electrons. The Kier molecular flexibility index (Phi) is 4.44. The molecule has 0 saturated carbocycles. The van der Waals surface area contributed by atoms with Gasteiger partial charge in [-0.2, -0.15) is 5.10 Å². The van der Waals surface area contributed by atoms with E-state index < -0.39 is 0 Å². The van der Waals surface area contributed by atoms with Crippen molar-refractivity contribution in [1.29, 1.82) is 0 Å². The van der Waals surface area contributed by atoms with Gasteiger partial charge < -0.3 is 13.9 Å². The molecule has 7 rings (SSSR count). The molecule has 1 aliphatic rings. The smallest absolute Gasteiger partial charge is 0.230 e. The third-order valence-electron chi connectivity index (χ3n) is 6.41. The number of fused-ring (bicyclic) bond motifs is 4. The molecule has 0 unspecified atom stereocenters. The Morgan fingerprint density at radius 1 is 0.917 bits per heavy atom. The van der Waals surface area contributed by atoms with Gasteiger partial charge in [-0.25, -0.2) is 19.2 Å². The number of hydrogen-bond acceptors (Lipinski definition) is 7. The standard InChI is InChI=1S/C27H20N6O3/c1-16-21-22(18-11-6-7-12-19(18)34-2)23-25-29-24(20-13-8-14-35-20)31-32(25)15-28-26(23)36-27(21)33(30-16)17-9-4-3-5-10-17/h3-15,22H,1-2H3/t22-/m0/s1. The third-order valence-corrected chi connectivity index (χ3v) is 6.41. The summed E-state index contributed by atoms with van der Waals surface area (Å²) in [4.78, 5) is 9.48. The predicted octanol–water partition coefficient (Wildman–Crippen LogP) is 5.17. The zero-order valence-electron chi connectivity index (χ0n) is 19.5. The van der Waals surface area contributed by atoms with E-state index >= 15 is 0 Å². The number of aryl methyl sites for hydroxylation is 1. The van der Waals surface area contributed by atoms with Crippen LogP contribution in [0, 0.1) is 6.92 Å². The molecule has 2 aromatic carbocycles. The molecule has 9 heteroatoms. The summed E-state index contributed by atoms with van der Waals surface area (Å²) < 4.78 is 21.3. The van der Waals surface area contributed by atoms with Gasteiger partial charge in [-0.05, 0) is 37.3 Å². The van der Waals surface area contributed by atoms with Crippen LogP contribution < -0.4 is 9.47 Å². The van der Waals surface area contributed by atoms with Crippen LogP contribution in [0.1, 0.15) is 28.3 Å². The van der Waals surface area contributed by atoms with Crippen LogP contribution in [0.4, 0.5) is 0 Å². The first kappa shape index (κ1) is 20.5. The van der Waals surface area contributed by atoms with Crippen molar-refractivity contribution in [3.8, 4) is 34.8 Å². The Morgan fingerprint density at radius 3 is 2.56 bits per heavy atom. The van der Waals surface area contributed by atoms with Crippen LogP contribution in [-0.4, -0.2) is 36.5 Å². The van der Waals surface area contributed by atoms with Gasteiger partial charge in [-0.1, -0.05) is 36.4 Å². The van der Waals surface area contributed by atoms with Crippen molar-refractivity contribution >= 4 is 5.65 Å². The van der Waals surface area contributed by atoms with E-state index in [4.69, 9.17) is 24.0 Å². The summed E-state index contributed by atoms with van der Waals surface area (Å²) in [6, 6.07) is 21.5. The highest BCUT2D eigenvalue weighted by molar-refractivity contribution is 5.69. The topological polar surface area (TPSA) is 92.5 Å². The molecule has 0 fully saturated rings. The first-order valence-electron chi connectivity index (χ1n) is 11.5. The summed E-state index contributed by atoms with van der Waals surface area (Å²) in [6.07, 6.45) is 3.21. The SMILES string of the molecule is COc1ccccc1[C@H]1c2c(C)nn(-c3ccccc3)c2Oc2ncn3nc(-c4ccco4)nc3c21. The van der Waals surface area contributed by atoms with Crippen molar-refractivity contribution in [3.63, 3.8) is 0 Å². The number of nitrogens with zero attached hydrogens (tertiary/aromatic N) is 6. The molecule has 0 radical (unpaired) electrons. The Bertz CT molecular complexity index is 1720. The molecule has 1 atom stereocenters. The quantitative estimate of drug-likeness (QED) is 0.346. The van der Waals surface area contributed by atoms with Crippen LogP contribution in [0.3, 0.4) is 0 Å². The van der Waals surface area contributed by atoms with Crippen molar-refractivity contribution in [2.24, 2.45) is 0 Å². The predicted molar refractivity (Wildman–Crippen MR) is 131 cm³/mol. The molecule has 0 saturated heterocycles. The zero-order chi connectivity index (χ0) is 24.2. The second-order valence-electron chi connectivity index (χ2n) is 8.47. The van der Waals surface area contributed by atoms with E-state index in [0.717, 1.165) is 33.8 Å². The molecule has 9 nitrogen and oxygen atoms in total. The molecule has 0 spiro atoms. The average molecular weight is 476 g/mol. The van der Waals surface area contributed by atoms with E-state index in [9.17, 15) is 0 Å². The summed E-state index contributed by atoms with van der Waals surface area (Å²) in [5.41, 5.74) is 5.03. The Morgan fingerprint density at radius 2 is 1.75 bits per heavy atom. The molecule has 4 aromatic heterocycles. The monoisotopic (exact) mass is 476 g/mol. The number of hydrogen-bond donors (Lipinski definition) is 0. The molecular weight excluding hydrogens is 456 g/mol. The van der Waals surface area contributed by atoms with Gasteiger partial charge in [0.15, 0.2) is 11.4 Å². The number of methoxy groups -OCH3 is 1. The minimum Gasteiger partial charge on any atom is -0.496 e. The lowest BCUT2D eigenvalue weighted by atomic mass is 9.84. The van der Waals surface area contributed by atoms with Crippen molar-refractivity contribution in [3.05, 3.63) is 102 Å². The average Bonchev–Trinajstić information content (AvgIpc) is 3.67. The van der Waals surface area contributed by atoms with Crippen molar-refractivity contribution in [2.45, 2.75) is 12.8 Å². The van der Waals surface area contributed by atoms with Gasteiger partial charge in [0, 0.05) is 5.56 Å². The molecule has 6 aromatic rings. The summed E-state index contributed by atoms with van der Waals surface area (Å²) in [7, 11) is 1.67. The highest BCUT2D eigenvalue weighted by Crippen LogP contribution is 2.51. The second-order valence-corrected chi connectivity index (χ2v) is 8.47. The van der Waals surface area contributed by atoms with Crippen molar-refractivity contribution in [1.82, 2.24) is 29.4 Å². The van der Waals surface area contributed by atoms with Gasteiger partial charge in [0.2, 0.25) is 17.6 Å². The van der Waals surface area contributed by atoms with Crippen molar-refractivity contribution in [2.75, 3.05) is 7.11 Å². The number of furan rings is 1. The summed E-state index contributed by atoms with van der Waals surface area (Å²) in [5, 5.41) is 9.47. The van der Waals surface area contributed by atoms with E-state index in [0.29, 0.717) is 29.0 Å². The lowest BCUT2D eigenvalue weighted by Gasteiger charge is -2.27. The van der Waals surface area contributed by atoms with Gasteiger partial charge in [0.25, 0.3) is 0 Å². The first-order chi connectivity index (χ1) is 17.7. The van der Waals surface area contributed by atoms with Crippen LogP contribution in [0.15, 0.2) is 83.7 Å². The number of ether oxygens (including phenoxy) is 2. The normalized spacial score (nSPS) is 14.3. The van der Waals surface area contributed by atoms with E-state index in [1.54, 1.807) is 24.2 Å². The van der Waals surface area contributed by atoms with E-state index in [2.05, 4.69) is 16.1 Å². The van der Waals surface area contributed by atoms with Crippen LogP contribution in [0.2, 0.25) is 0 Å². The fourth-order valence-corrected chi connectivity index (χ4v) is 4.85. The highest BCUT2D eigenvalue weighted by atomic mass is 16.5. The van der Waals surface area contributed by atoms with Crippen LogP contribution >= 0.6 is 0 Å². The summed E-state index contributed by atoms with van der Waals surface area (Å²) >= 11 is 0. The first-order valence-corrected chi connectivity index (χ1v) is 11.5. The maximum Gasteiger partial charge on any atom is 0.230 e. The van der Waals surface area contributed by atoms with E-state index in [1.165, 1.54) is 0 Å². The van der Waals surface area contributed by atoms with Gasteiger partial charge in [0.05, 0.1) is 41.8 Å². The molecular formula is C27H20N6O3. The highest BCUT2D eigenvalue weighted by Gasteiger charge is 2.39. The number of benzene rings is 2. The van der Waals surface area contributed by atoms with Gasteiger partial charge in [-0.3, -0.25) is 0 Å². The molecule has 0 aliphatic carbocycles. The van der Waals surface area contributed by atoms with Gasteiger partial charge in [-0.15, -0.1) is 5.10 Å². The van der Waals surface area contributed by atoms with Crippen molar-refractivity contribution < 1.29 is 13.9 Å². The third kappa shape index (κ3) is 2.96. The zero-order valence-corrected chi connectivity index (χ0v) is 19.5. The Balaban J connectivity index is 1.53.